The first kappa shape index (κ1) is 17.9. The number of carbonyl (C=O) groups excluding carboxylic acids is 1. The molecule has 0 aliphatic heterocycles. The number of aliphatic hydroxyl groups excluding tert-OH is 1. The van der Waals surface area contributed by atoms with Crippen LogP contribution in [0.15, 0.2) is 24.3 Å². The van der Waals surface area contributed by atoms with Gasteiger partial charge < -0.3 is 10.4 Å². The van der Waals surface area contributed by atoms with Crippen LogP contribution < -0.4 is 5.32 Å². The van der Waals surface area contributed by atoms with E-state index in [1.807, 2.05) is 0 Å². The summed E-state index contributed by atoms with van der Waals surface area (Å²) >= 11 is 0. The van der Waals surface area contributed by atoms with Gasteiger partial charge in [-0.2, -0.15) is 13.2 Å². The van der Waals surface area contributed by atoms with Crippen LogP contribution in [0.5, 0.6) is 0 Å². The van der Waals surface area contributed by atoms with E-state index in [-0.39, 0.29) is 5.69 Å². The lowest BCUT2D eigenvalue weighted by Gasteiger charge is -2.14. The van der Waals surface area contributed by atoms with Crippen molar-refractivity contribution in [1.82, 2.24) is 20.3 Å². The standard InChI is InChI=1S/C14H14F4N4O2/c1-2-9(7-23)19-13(24)11-12(14(16,17)18)22(21-20-11)10-5-3-8(15)4-6-10/h3-6,9,23H,2,7H2,1H3,(H,19,24). The first-order valence-corrected chi connectivity index (χ1v) is 6.98. The molecule has 0 fully saturated rings. The van der Waals surface area contributed by atoms with E-state index in [2.05, 4.69) is 15.6 Å². The van der Waals surface area contributed by atoms with Gasteiger partial charge in [0.25, 0.3) is 5.91 Å². The molecule has 1 heterocycles. The molecule has 1 aromatic carbocycles. The molecule has 1 aromatic heterocycles. The first-order chi connectivity index (χ1) is 11.3. The summed E-state index contributed by atoms with van der Waals surface area (Å²) in [6.45, 7) is 1.23. The van der Waals surface area contributed by atoms with Crippen LogP contribution in [0.2, 0.25) is 0 Å². The smallest absolute Gasteiger partial charge is 0.394 e. The van der Waals surface area contributed by atoms with Crippen LogP contribution in [0.4, 0.5) is 17.6 Å². The van der Waals surface area contributed by atoms with Crippen LogP contribution in [0.3, 0.4) is 0 Å². The lowest BCUT2D eigenvalue weighted by Crippen LogP contribution is -2.38. The highest BCUT2D eigenvalue weighted by Gasteiger charge is 2.42. The Bertz CT molecular complexity index is 709. The summed E-state index contributed by atoms with van der Waals surface area (Å²) in [5.41, 5.74) is -2.39. The van der Waals surface area contributed by atoms with E-state index in [4.69, 9.17) is 5.11 Å². The molecule has 0 saturated carbocycles. The van der Waals surface area contributed by atoms with Gasteiger partial charge in [0.1, 0.15) is 5.82 Å². The predicted molar refractivity (Wildman–Crippen MR) is 75.0 cm³/mol. The Kier molecular flexibility index (Phi) is 5.17. The molecule has 2 N–H and O–H groups in total. The van der Waals surface area contributed by atoms with Crippen LogP contribution in [0.1, 0.15) is 29.5 Å². The zero-order valence-electron chi connectivity index (χ0n) is 12.5. The lowest BCUT2D eigenvalue weighted by atomic mass is 10.2. The minimum absolute atomic E-state index is 0.0931. The summed E-state index contributed by atoms with van der Waals surface area (Å²) in [7, 11) is 0. The van der Waals surface area contributed by atoms with Gasteiger partial charge in [0, 0.05) is 0 Å². The molecule has 2 rings (SSSR count). The number of nitrogens with zero attached hydrogens (tertiary/aromatic N) is 3. The van der Waals surface area contributed by atoms with E-state index >= 15 is 0 Å². The van der Waals surface area contributed by atoms with E-state index in [1.54, 1.807) is 6.92 Å². The Morgan fingerprint density at radius 2 is 1.96 bits per heavy atom. The Morgan fingerprint density at radius 3 is 2.46 bits per heavy atom. The third-order valence-electron chi connectivity index (χ3n) is 3.27. The Balaban J connectivity index is 2.47. The second-order valence-corrected chi connectivity index (χ2v) is 4.93. The van der Waals surface area contributed by atoms with E-state index in [0.29, 0.717) is 11.1 Å². The largest absolute Gasteiger partial charge is 0.435 e. The molecule has 0 bridgehead atoms. The number of rotatable bonds is 5. The average molecular weight is 346 g/mol. The predicted octanol–water partition coefficient (Wildman–Crippen LogP) is 1.93. The minimum Gasteiger partial charge on any atom is -0.394 e. The summed E-state index contributed by atoms with van der Waals surface area (Å²) in [6, 6.07) is 3.41. The Labute approximate surface area is 134 Å². The Morgan fingerprint density at radius 1 is 1.33 bits per heavy atom. The van der Waals surface area contributed by atoms with Gasteiger partial charge in [-0.25, -0.2) is 9.07 Å². The SMILES string of the molecule is CCC(CO)NC(=O)c1nnn(-c2ccc(F)cc2)c1C(F)(F)F. The summed E-state index contributed by atoms with van der Waals surface area (Å²) in [5, 5.41) is 18.0. The van der Waals surface area contributed by atoms with Crippen LogP contribution in [0, 0.1) is 5.82 Å². The number of carbonyl (C=O) groups is 1. The third-order valence-corrected chi connectivity index (χ3v) is 3.27. The zero-order valence-corrected chi connectivity index (χ0v) is 12.5. The van der Waals surface area contributed by atoms with Gasteiger partial charge in [0.05, 0.1) is 18.3 Å². The van der Waals surface area contributed by atoms with Crippen molar-refractivity contribution in [3.63, 3.8) is 0 Å². The van der Waals surface area contributed by atoms with E-state index in [1.165, 1.54) is 0 Å². The number of halogens is 4. The van der Waals surface area contributed by atoms with Crippen molar-refractivity contribution in [2.45, 2.75) is 25.6 Å². The second-order valence-electron chi connectivity index (χ2n) is 4.93. The topological polar surface area (TPSA) is 80.0 Å². The van der Waals surface area contributed by atoms with Gasteiger partial charge in [-0.15, -0.1) is 5.10 Å². The molecule has 6 nitrogen and oxygen atoms in total. The minimum atomic E-state index is -4.91. The first-order valence-electron chi connectivity index (χ1n) is 6.98. The number of hydrogen-bond acceptors (Lipinski definition) is 4. The van der Waals surface area contributed by atoms with Gasteiger partial charge in [0.2, 0.25) is 0 Å². The molecule has 0 aliphatic rings. The van der Waals surface area contributed by atoms with Crippen LogP contribution in [0.25, 0.3) is 5.69 Å². The third kappa shape index (κ3) is 3.70. The summed E-state index contributed by atoms with van der Waals surface area (Å²) in [5.74, 6) is -1.73. The monoisotopic (exact) mass is 346 g/mol. The maximum absolute atomic E-state index is 13.4. The molecule has 0 saturated heterocycles. The molecule has 24 heavy (non-hydrogen) atoms. The highest BCUT2D eigenvalue weighted by molar-refractivity contribution is 5.93. The van der Waals surface area contributed by atoms with Gasteiger partial charge >= 0.3 is 6.18 Å². The van der Waals surface area contributed by atoms with E-state index in [9.17, 15) is 22.4 Å². The van der Waals surface area contributed by atoms with Crippen molar-refractivity contribution in [3.8, 4) is 5.69 Å². The summed E-state index contributed by atoms with van der Waals surface area (Å²) in [4.78, 5) is 12.0. The average Bonchev–Trinajstić information content (AvgIpc) is 2.98. The molecule has 0 radical (unpaired) electrons. The van der Waals surface area contributed by atoms with Crippen molar-refractivity contribution in [2.75, 3.05) is 6.61 Å². The van der Waals surface area contributed by atoms with Gasteiger partial charge in [0.15, 0.2) is 11.4 Å². The number of aliphatic hydroxyl groups is 1. The number of alkyl halides is 3. The van der Waals surface area contributed by atoms with Crippen molar-refractivity contribution in [3.05, 3.63) is 41.5 Å². The molecule has 2 aromatic rings. The molecule has 1 unspecified atom stereocenters. The maximum atomic E-state index is 13.4. The molecule has 1 amide bonds. The summed E-state index contributed by atoms with van der Waals surface area (Å²) in [6.07, 6.45) is -4.58. The fourth-order valence-electron chi connectivity index (χ4n) is 1.98. The highest BCUT2D eigenvalue weighted by Crippen LogP contribution is 2.32. The molecule has 130 valence electrons. The highest BCUT2D eigenvalue weighted by atomic mass is 19.4. The molecule has 0 aliphatic carbocycles. The van der Waals surface area contributed by atoms with Crippen molar-refractivity contribution in [1.29, 1.82) is 0 Å². The Hall–Kier alpha value is -2.49. The number of amides is 1. The van der Waals surface area contributed by atoms with Crippen LogP contribution in [-0.2, 0) is 6.18 Å². The molecule has 10 heteroatoms. The quantitative estimate of drug-likeness (QED) is 0.811. The zero-order chi connectivity index (χ0) is 17.9. The number of aromatic nitrogens is 3. The summed E-state index contributed by atoms with van der Waals surface area (Å²) < 4.78 is 53.5. The van der Waals surface area contributed by atoms with Crippen molar-refractivity contribution in [2.24, 2.45) is 0 Å². The van der Waals surface area contributed by atoms with Gasteiger partial charge in [-0.05, 0) is 30.7 Å². The number of benzene rings is 1. The van der Waals surface area contributed by atoms with E-state index < -0.39 is 41.9 Å². The number of hydrogen-bond donors (Lipinski definition) is 2. The second kappa shape index (κ2) is 6.95. The fourth-order valence-corrected chi connectivity index (χ4v) is 1.98. The van der Waals surface area contributed by atoms with Crippen molar-refractivity contribution < 1.29 is 27.5 Å². The number of nitrogens with one attached hydrogen (secondary N) is 1. The van der Waals surface area contributed by atoms with Crippen LogP contribution >= 0.6 is 0 Å². The molecule has 0 spiro atoms. The van der Waals surface area contributed by atoms with E-state index in [0.717, 1.165) is 24.3 Å². The molecular weight excluding hydrogens is 332 g/mol. The molecular formula is C14H14F4N4O2. The lowest BCUT2D eigenvalue weighted by molar-refractivity contribution is -0.143. The molecule has 1 atom stereocenters. The van der Waals surface area contributed by atoms with Crippen molar-refractivity contribution >= 4 is 5.91 Å². The normalized spacial score (nSPS) is 12.9. The van der Waals surface area contributed by atoms with Crippen LogP contribution in [-0.4, -0.2) is 38.7 Å². The maximum Gasteiger partial charge on any atom is 0.435 e. The van der Waals surface area contributed by atoms with Gasteiger partial charge in [-0.3, -0.25) is 4.79 Å². The van der Waals surface area contributed by atoms with Gasteiger partial charge in [-0.1, -0.05) is 12.1 Å². The fraction of sp³-hybridized carbons (Fsp3) is 0.357.